The van der Waals surface area contributed by atoms with Gasteiger partial charge in [-0.25, -0.2) is 0 Å². The van der Waals surface area contributed by atoms with E-state index in [2.05, 4.69) is 7.85 Å². The van der Waals surface area contributed by atoms with E-state index in [0.29, 0.717) is 0 Å². The standard InChI is InChI=1S/C6H12B2I2O3/c7-2-1-3-4(12-9)5(13-10)6(8)11-3/h3-6H,1-2,7-8H2. The van der Waals surface area contributed by atoms with Crippen LogP contribution in [-0.4, -0.2) is 40.0 Å². The molecule has 1 aliphatic rings. The van der Waals surface area contributed by atoms with Crippen molar-refractivity contribution in [3.8, 4) is 0 Å². The average Bonchev–Trinajstić information content (AvgIpc) is 2.41. The molecule has 0 saturated carbocycles. The summed E-state index contributed by atoms with van der Waals surface area (Å²) in [7, 11) is 4.18. The van der Waals surface area contributed by atoms with Gasteiger partial charge in [-0.15, -0.1) is 0 Å². The lowest BCUT2D eigenvalue weighted by molar-refractivity contribution is 0.0528. The summed E-state index contributed by atoms with van der Waals surface area (Å²) in [6.07, 6.45) is 2.48. The van der Waals surface area contributed by atoms with E-state index in [0.717, 1.165) is 12.7 Å². The van der Waals surface area contributed by atoms with E-state index in [4.69, 9.17) is 10.9 Å². The molecule has 1 fully saturated rings. The fraction of sp³-hybridized carbons (Fsp3) is 1.00. The van der Waals surface area contributed by atoms with Crippen LogP contribution in [0.15, 0.2) is 0 Å². The van der Waals surface area contributed by atoms with Crippen molar-refractivity contribution in [2.45, 2.75) is 37.1 Å². The summed E-state index contributed by atoms with van der Waals surface area (Å²) in [5.74, 6) is 0. The van der Waals surface area contributed by atoms with Crippen LogP contribution in [0.3, 0.4) is 0 Å². The molecule has 0 amide bonds. The molecule has 74 valence electrons. The van der Waals surface area contributed by atoms with Crippen molar-refractivity contribution in [1.29, 1.82) is 0 Å². The molecule has 0 aromatic heterocycles. The Morgan fingerprint density at radius 2 is 1.85 bits per heavy atom. The lowest BCUT2D eigenvalue weighted by Crippen LogP contribution is -2.33. The molecule has 1 rings (SSSR count). The van der Waals surface area contributed by atoms with Crippen LogP contribution >= 0.6 is 46.0 Å². The monoisotopic (exact) mass is 408 g/mol. The van der Waals surface area contributed by atoms with Gasteiger partial charge in [-0.3, -0.25) is 0 Å². The Labute approximate surface area is 109 Å². The predicted molar refractivity (Wildman–Crippen MR) is 73.0 cm³/mol. The van der Waals surface area contributed by atoms with Gasteiger partial charge in [0, 0.05) is 0 Å². The van der Waals surface area contributed by atoms with Crippen LogP contribution < -0.4 is 0 Å². The van der Waals surface area contributed by atoms with Gasteiger partial charge in [0.15, 0.2) is 0 Å². The minimum atomic E-state index is 0.0639. The van der Waals surface area contributed by atoms with Gasteiger partial charge in [-0.1, -0.05) is 6.32 Å². The molecule has 4 atom stereocenters. The van der Waals surface area contributed by atoms with E-state index in [1.807, 2.05) is 53.9 Å². The van der Waals surface area contributed by atoms with E-state index < -0.39 is 0 Å². The van der Waals surface area contributed by atoms with Crippen molar-refractivity contribution >= 4 is 61.7 Å². The van der Waals surface area contributed by atoms with Crippen molar-refractivity contribution in [3.05, 3.63) is 0 Å². The van der Waals surface area contributed by atoms with E-state index in [1.165, 1.54) is 0 Å². The molecule has 0 radical (unpaired) electrons. The lowest BCUT2D eigenvalue weighted by Gasteiger charge is -2.18. The maximum atomic E-state index is 5.75. The SMILES string of the molecule is BCCC1OC(B)C(OI)C1OI. The molecule has 1 aliphatic heterocycles. The zero-order valence-electron chi connectivity index (χ0n) is 7.70. The van der Waals surface area contributed by atoms with Crippen molar-refractivity contribution in [2.75, 3.05) is 0 Å². The Balaban J connectivity index is 2.57. The highest BCUT2D eigenvalue weighted by atomic mass is 127. The maximum Gasteiger partial charge on any atom is 0.142 e. The molecule has 0 aromatic carbocycles. The summed E-state index contributed by atoms with van der Waals surface area (Å²) < 4.78 is 16.4. The third kappa shape index (κ3) is 2.96. The molecular formula is C6H12B2I2O3. The number of rotatable bonds is 4. The van der Waals surface area contributed by atoms with Gasteiger partial charge in [-0.2, -0.15) is 0 Å². The molecule has 0 aromatic rings. The van der Waals surface area contributed by atoms with Crippen LogP contribution in [0.25, 0.3) is 0 Å². The Hall–Kier alpha value is 1.47. The van der Waals surface area contributed by atoms with E-state index in [-0.39, 0.29) is 24.3 Å². The minimum Gasteiger partial charge on any atom is -0.378 e. The first kappa shape index (κ1) is 12.5. The Bertz CT molecular complexity index is 163. The average molecular weight is 408 g/mol. The fourth-order valence-electron chi connectivity index (χ4n) is 1.66. The van der Waals surface area contributed by atoms with Gasteiger partial charge in [0.05, 0.1) is 12.1 Å². The summed E-state index contributed by atoms with van der Waals surface area (Å²) in [6.45, 7) is 0. The third-order valence-electron chi connectivity index (χ3n) is 2.32. The molecule has 0 N–H and O–H groups in total. The summed E-state index contributed by atoms with van der Waals surface area (Å²) >= 11 is 3.85. The summed E-state index contributed by atoms with van der Waals surface area (Å²) in [6, 6.07) is 0.133. The zero-order chi connectivity index (χ0) is 9.84. The van der Waals surface area contributed by atoms with Crippen LogP contribution in [0, 0.1) is 0 Å². The topological polar surface area (TPSA) is 27.7 Å². The van der Waals surface area contributed by atoms with Gasteiger partial charge in [0.1, 0.15) is 73.9 Å². The third-order valence-corrected chi connectivity index (χ3v) is 3.50. The van der Waals surface area contributed by atoms with Gasteiger partial charge in [-0.05, 0) is 6.42 Å². The quantitative estimate of drug-likeness (QED) is 0.494. The predicted octanol–water partition coefficient (Wildman–Crippen LogP) is 0.256. The summed E-state index contributed by atoms with van der Waals surface area (Å²) in [5, 5.41) is 0. The molecule has 4 unspecified atom stereocenters. The Morgan fingerprint density at radius 1 is 1.23 bits per heavy atom. The number of hydrogen-bond donors (Lipinski definition) is 0. The summed E-state index contributed by atoms with van der Waals surface area (Å²) in [5.41, 5.74) is 0. The Morgan fingerprint density at radius 3 is 2.31 bits per heavy atom. The van der Waals surface area contributed by atoms with Crippen molar-refractivity contribution in [2.24, 2.45) is 0 Å². The highest BCUT2D eigenvalue weighted by molar-refractivity contribution is 14.1. The van der Waals surface area contributed by atoms with Crippen LogP contribution in [0.5, 0.6) is 0 Å². The molecule has 0 aliphatic carbocycles. The normalized spacial score (nSPS) is 39.5. The highest BCUT2D eigenvalue weighted by Gasteiger charge is 2.43. The first-order chi connectivity index (χ1) is 6.24. The van der Waals surface area contributed by atoms with Crippen LogP contribution in [0.4, 0.5) is 0 Å². The molecule has 7 heteroatoms. The van der Waals surface area contributed by atoms with Gasteiger partial charge in [0.25, 0.3) is 0 Å². The Kier molecular flexibility index (Phi) is 5.92. The van der Waals surface area contributed by atoms with Crippen molar-refractivity contribution in [1.82, 2.24) is 0 Å². The van der Waals surface area contributed by atoms with Gasteiger partial charge >= 0.3 is 0 Å². The maximum absolute atomic E-state index is 5.75. The van der Waals surface area contributed by atoms with Crippen LogP contribution in [0.2, 0.25) is 6.32 Å². The molecule has 0 spiro atoms. The molecule has 0 bridgehead atoms. The zero-order valence-corrected chi connectivity index (χ0v) is 12.0. The van der Waals surface area contributed by atoms with E-state index in [1.54, 1.807) is 0 Å². The van der Waals surface area contributed by atoms with Crippen LogP contribution in [-0.2, 0) is 10.9 Å². The second kappa shape index (κ2) is 6.14. The number of hydrogen-bond acceptors (Lipinski definition) is 3. The van der Waals surface area contributed by atoms with Crippen molar-refractivity contribution in [3.63, 3.8) is 0 Å². The summed E-state index contributed by atoms with van der Waals surface area (Å²) in [4.78, 5) is 0. The number of halogens is 2. The smallest absolute Gasteiger partial charge is 0.142 e. The van der Waals surface area contributed by atoms with E-state index in [9.17, 15) is 0 Å². The molecule has 1 saturated heterocycles. The first-order valence-corrected chi connectivity index (χ1v) is 6.21. The lowest BCUT2D eigenvalue weighted by atomic mass is 9.91. The van der Waals surface area contributed by atoms with Crippen LogP contribution in [0.1, 0.15) is 6.42 Å². The van der Waals surface area contributed by atoms with Gasteiger partial charge in [0.2, 0.25) is 0 Å². The fourth-order valence-corrected chi connectivity index (χ4v) is 2.98. The van der Waals surface area contributed by atoms with E-state index >= 15 is 0 Å². The minimum absolute atomic E-state index is 0.0639. The largest absolute Gasteiger partial charge is 0.378 e. The molecule has 1 heterocycles. The molecule has 13 heavy (non-hydrogen) atoms. The molecular weight excluding hydrogens is 395 g/mol. The highest BCUT2D eigenvalue weighted by Crippen LogP contribution is 2.30. The number of ether oxygens (including phenoxy) is 1. The second-order valence-electron chi connectivity index (χ2n) is 3.28. The first-order valence-electron chi connectivity index (χ1n) is 4.44. The second-order valence-corrected chi connectivity index (χ2v) is 4.29. The van der Waals surface area contributed by atoms with Gasteiger partial charge < -0.3 is 10.9 Å². The van der Waals surface area contributed by atoms with Crippen molar-refractivity contribution < 1.29 is 10.9 Å². The molecule has 3 nitrogen and oxygen atoms in total.